The Labute approximate surface area is 158 Å². The van der Waals surface area contributed by atoms with Gasteiger partial charge in [0.2, 0.25) is 5.91 Å². The molecule has 1 heterocycles. The Hall–Kier alpha value is -2.26. The minimum Gasteiger partial charge on any atom is -0.497 e. The molecule has 1 aromatic carbocycles. The van der Waals surface area contributed by atoms with Crippen molar-refractivity contribution in [2.75, 3.05) is 12.9 Å². The van der Waals surface area contributed by atoms with E-state index in [9.17, 15) is 10.1 Å². The second-order valence-electron chi connectivity index (χ2n) is 6.74. The van der Waals surface area contributed by atoms with Crippen LogP contribution in [-0.2, 0) is 4.79 Å². The van der Waals surface area contributed by atoms with Crippen LogP contribution in [-0.4, -0.2) is 29.8 Å². The van der Waals surface area contributed by atoms with Crippen molar-refractivity contribution in [3.8, 4) is 11.8 Å². The molecule has 0 unspecified atom stereocenters. The van der Waals surface area contributed by atoms with Gasteiger partial charge in [-0.15, -0.1) is 0 Å². The molecule has 0 bridgehead atoms. The summed E-state index contributed by atoms with van der Waals surface area (Å²) < 4.78 is 5.24. The summed E-state index contributed by atoms with van der Waals surface area (Å²) in [5.74, 6) is 1.51. The van der Waals surface area contributed by atoms with E-state index in [2.05, 4.69) is 23.3 Å². The second-order valence-corrected chi connectivity index (χ2v) is 7.70. The molecule has 5 nitrogen and oxygen atoms in total. The van der Waals surface area contributed by atoms with Crippen LogP contribution in [0.2, 0.25) is 0 Å². The van der Waals surface area contributed by atoms with Crippen LogP contribution in [0.3, 0.4) is 0 Å². The number of hydrogen-bond acceptors (Lipinski definition) is 5. The highest BCUT2D eigenvalue weighted by molar-refractivity contribution is 8.00. The number of hydrogen-bond donors (Lipinski definition) is 1. The molecule has 1 aromatic heterocycles. The summed E-state index contributed by atoms with van der Waals surface area (Å²) in [4.78, 5) is 16.9. The van der Waals surface area contributed by atoms with Crippen LogP contribution < -0.4 is 10.1 Å². The van der Waals surface area contributed by atoms with Gasteiger partial charge in [0.15, 0.2) is 0 Å². The molecule has 0 radical (unpaired) electrons. The standard InChI is InChI=1S/C20H23N3O2S/c1-13-5-3-4-6-17(13)22-19(24)12-26-20-15(11-21)9-14-7-8-16(25-2)10-18(14)23-20/h7-10,13,17H,3-6,12H2,1-2H3,(H,22,24)/t13-,17+/m1/s1. The summed E-state index contributed by atoms with van der Waals surface area (Å²) in [6.07, 6.45) is 4.65. The molecule has 1 N–H and O–H groups in total. The van der Waals surface area contributed by atoms with Crippen molar-refractivity contribution in [1.29, 1.82) is 5.26 Å². The van der Waals surface area contributed by atoms with Gasteiger partial charge in [-0.25, -0.2) is 4.98 Å². The maximum absolute atomic E-state index is 12.3. The van der Waals surface area contributed by atoms with Gasteiger partial charge < -0.3 is 10.1 Å². The summed E-state index contributed by atoms with van der Waals surface area (Å²) in [6, 6.07) is 9.82. The minimum absolute atomic E-state index is 0.00480. The van der Waals surface area contributed by atoms with Crippen molar-refractivity contribution in [2.24, 2.45) is 5.92 Å². The predicted molar refractivity (Wildman–Crippen MR) is 103 cm³/mol. The molecule has 1 saturated carbocycles. The Morgan fingerprint density at radius 2 is 2.19 bits per heavy atom. The van der Waals surface area contributed by atoms with E-state index in [0.717, 1.165) is 23.1 Å². The third-order valence-electron chi connectivity index (χ3n) is 4.91. The Bertz CT molecular complexity index is 847. The first-order chi connectivity index (χ1) is 12.6. The number of thioether (sulfide) groups is 1. The molecule has 0 saturated heterocycles. The first-order valence-electron chi connectivity index (χ1n) is 8.91. The Morgan fingerprint density at radius 1 is 1.38 bits per heavy atom. The highest BCUT2D eigenvalue weighted by Gasteiger charge is 2.23. The molecule has 2 aromatic rings. The SMILES string of the molecule is COc1ccc2cc(C#N)c(SCC(=O)N[C@H]3CCCC[C@H]3C)nc2c1. The third-order valence-corrected chi connectivity index (χ3v) is 5.90. The highest BCUT2D eigenvalue weighted by atomic mass is 32.2. The van der Waals surface area contributed by atoms with Crippen molar-refractivity contribution >= 4 is 28.6 Å². The molecule has 1 amide bonds. The first kappa shape index (κ1) is 18.5. The zero-order chi connectivity index (χ0) is 18.5. The summed E-state index contributed by atoms with van der Waals surface area (Å²) in [5, 5.41) is 14.0. The van der Waals surface area contributed by atoms with E-state index in [4.69, 9.17) is 4.74 Å². The lowest BCUT2D eigenvalue weighted by molar-refractivity contribution is -0.119. The number of pyridine rings is 1. The molecule has 1 aliphatic carbocycles. The first-order valence-corrected chi connectivity index (χ1v) is 9.90. The van der Waals surface area contributed by atoms with Gasteiger partial charge in [-0.1, -0.05) is 31.5 Å². The van der Waals surface area contributed by atoms with Gasteiger partial charge in [0, 0.05) is 17.5 Å². The number of nitriles is 1. The Kier molecular flexibility index (Phi) is 6.00. The monoisotopic (exact) mass is 369 g/mol. The second kappa shape index (κ2) is 8.41. The average Bonchev–Trinajstić information content (AvgIpc) is 2.66. The molecule has 1 fully saturated rings. The largest absolute Gasteiger partial charge is 0.497 e. The number of ether oxygens (including phenoxy) is 1. The molecule has 0 aliphatic heterocycles. The van der Waals surface area contributed by atoms with Crippen molar-refractivity contribution < 1.29 is 9.53 Å². The molecule has 1 aliphatic rings. The van der Waals surface area contributed by atoms with E-state index in [1.165, 1.54) is 31.0 Å². The third kappa shape index (κ3) is 4.28. The topological polar surface area (TPSA) is 75.0 Å². The van der Waals surface area contributed by atoms with Gasteiger partial charge in [0.25, 0.3) is 0 Å². The number of nitrogens with one attached hydrogen (secondary N) is 1. The van der Waals surface area contributed by atoms with E-state index < -0.39 is 0 Å². The predicted octanol–water partition coefficient (Wildman–Crippen LogP) is 3.90. The number of rotatable bonds is 5. The summed E-state index contributed by atoms with van der Waals surface area (Å²) in [5.41, 5.74) is 1.25. The molecule has 0 spiro atoms. The number of fused-ring (bicyclic) bond motifs is 1. The number of benzene rings is 1. The lowest BCUT2D eigenvalue weighted by Crippen LogP contribution is -2.41. The van der Waals surface area contributed by atoms with Gasteiger partial charge in [-0.05, 0) is 37.0 Å². The van der Waals surface area contributed by atoms with Crippen LogP contribution in [0, 0.1) is 17.2 Å². The van der Waals surface area contributed by atoms with Crippen LogP contribution in [0.15, 0.2) is 29.3 Å². The lowest BCUT2D eigenvalue weighted by Gasteiger charge is -2.29. The van der Waals surface area contributed by atoms with Gasteiger partial charge in [0.05, 0.1) is 23.9 Å². The normalized spacial score (nSPS) is 19.7. The number of methoxy groups -OCH3 is 1. The minimum atomic E-state index is 0.00480. The van der Waals surface area contributed by atoms with Crippen LogP contribution in [0.5, 0.6) is 5.75 Å². The average molecular weight is 369 g/mol. The molecule has 3 rings (SSSR count). The van der Waals surface area contributed by atoms with Gasteiger partial charge in [-0.3, -0.25) is 4.79 Å². The van der Waals surface area contributed by atoms with E-state index in [-0.39, 0.29) is 17.7 Å². The fourth-order valence-corrected chi connectivity index (χ4v) is 4.13. The summed E-state index contributed by atoms with van der Waals surface area (Å²) in [7, 11) is 1.61. The molecular formula is C20H23N3O2S. The fraction of sp³-hybridized carbons (Fsp3) is 0.450. The number of nitrogens with zero attached hydrogens (tertiary/aromatic N) is 2. The maximum atomic E-state index is 12.3. The number of amides is 1. The number of aromatic nitrogens is 1. The zero-order valence-electron chi connectivity index (χ0n) is 15.1. The molecule has 2 atom stereocenters. The van der Waals surface area contributed by atoms with Crippen LogP contribution in [0.1, 0.15) is 38.2 Å². The summed E-state index contributed by atoms with van der Waals surface area (Å²) >= 11 is 1.31. The van der Waals surface area contributed by atoms with Crippen LogP contribution >= 0.6 is 11.8 Å². The van der Waals surface area contributed by atoms with E-state index in [0.29, 0.717) is 16.5 Å². The molecular weight excluding hydrogens is 346 g/mol. The van der Waals surface area contributed by atoms with Crippen molar-refractivity contribution in [3.63, 3.8) is 0 Å². The molecule has 136 valence electrons. The van der Waals surface area contributed by atoms with Crippen LogP contribution in [0.25, 0.3) is 10.9 Å². The fourth-order valence-electron chi connectivity index (χ4n) is 3.36. The Morgan fingerprint density at radius 3 is 2.92 bits per heavy atom. The van der Waals surface area contributed by atoms with Gasteiger partial charge in [0.1, 0.15) is 16.8 Å². The Balaban J connectivity index is 1.71. The number of carbonyl (C=O) groups excluding carboxylic acids is 1. The van der Waals surface area contributed by atoms with E-state index >= 15 is 0 Å². The highest BCUT2D eigenvalue weighted by Crippen LogP contribution is 2.27. The van der Waals surface area contributed by atoms with Crippen molar-refractivity contribution in [2.45, 2.75) is 43.7 Å². The zero-order valence-corrected chi connectivity index (χ0v) is 15.9. The maximum Gasteiger partial charge on any atom is 0.230 e. The molecule has 6 heteroatoms. The van der Waals surface area contributed by atoms with Crippen molar-refractivity contribution in [3.05, 3.63) is 29.8 Å². The lowest BCUT2D eigenvalue weighted by atomic mass is 9.86. The van der Waals surface area contributed by atoms with Gasteiger partial charge >= 0.3 is 0 Å². The smallest absolute Gasteiger partial charge is 0.230 e. The van der Waals surface area contributed by atoms with Gasteiger partial charge in [-0.2, -0.15) is 5.26 Å². The van der Waals surface area contributed by atoms with Crippen LogP contribution in [0.4, 0.5) is 0 Å². The van der Waals surface area contributed by atoms with Crippen molar-refractivity contribution in [1.82, 2.24) is 10.3 Å². The quantitative estimate of drug-likeness (QED) is 0.809. The van der Waals surface area contributed by atoms with E-state index in [1.807, 2.05) is 24.3 Å². The van der Waals surface area contributed by atoms with E-state index in [1.54, 1.807) is 7.11 Å². The summed E-state index contributed by atoms with van der Waals surface area (Å²) in [6.45, 7) is 2.20. The number of carbonyl (C=O) groups is 1. The molecule has 26 heavy (non-hydrogen) atoms.